The first-order valence-corrected chi connectivity index (χ1v) is 41.7. The van der Waals surface area contributed by atoms with Gasteiger partial charge in [0, 0.05) is 99.7 Å². The molecule has 0 atom stereocenters. The van der Waals surface area contributed by atoms with Gasteiger partial charge < -0.3 is 0 Å². The van der Waals surface area contributed by atoms with E-state index in [4.69, 9.17) is 39.9 Å². The zero-order chi connectivity index (χ0) is 81.7. The zero-order valence-electron chi connectivity index (χ0n) is 66.8. The number of hydrogen-bond acceptors (Lipinski definition) is 8. The van der Waals surface area contributed by atoms with Gasteiger partial charge in [0.2, 0.25) is 11.9 Å². The molecule has 24 rings (SSSR count). The van der Waals surface area contributed by atoms with E-state index in [1.807, 2.05) is 60.7 Å². The summed E-state index contributed by atoms with van der Waals surface area (Å²) in [6, 6.07) is 150. The van der Waals surface area contributed by atoms with Gasteiger partial charge in [-0.05, 0) is 130 Å². The van der Waals surface area contributed by atoms with Gasteiger partial charge in [0.05, 0.1) is 78.3 Å². The first kappa shape index (κ1) is 71.2. The van der Waals surface area contributed by atoms with Crippen molar-refractivity contribution in [1.29, 1.82) is 0 Å². The molecule has 0 spiro atoms. The van der Waals surface area contributed by atoms with Crippen LogP contribution in [0.4, 0.5) is 0 Å². The highest BCUT2D eigenvalue weighted by Gasteiger charge is 2.25. The largest absolute Gasteiger partial charge is 0.294 e. The standard InChI is InChI=1S/C112H70N12/c1-7-29-71(30-8-1)93-67-94(72-31-9-2-10-32-72)116-111(115-93)123-101-51-25-21-47-87(101)91-65-81(55-59-105(91)123)82-56-60-106-92(66-82)88-48-22-26-52-102(88)124(106)112-117-95(73-33-11-3-12-34-73)68-96(118-112)83-43-27-41-77(61-83)78-42-28-44-84(62-78)98-70-108(120-110(114-98)76-39-17-6-18-40-76)122-100-50-24-20-46-86(100)90-64-80(54-58-104(90)122)79-53-57-103-89(63-79)85-45-19-23-49-99(85)121(103)107-69-97(74-35-13-4-14-36-74)113-109(119-107)75-37-15-5-16-38-75/h1-70H. The van der Waals surface area contributed by atoms with Crippen LogP contribution in [-0.4, -0.2) is 58.1 Å². The summed E-state index contributed by atoms with van der Waals surface area (Å²) in [6.07, 6.45) is 0. The maximum absolute atomic E-state index is 5.59. The van der Waals surface area contributed by atoms with Crippen molar-refractivity contribution in [3.8, 4) is 147 Å². The monoisotopic (exact) mass is 1580 g/mol. The third-order valence-electron chi connectivity index (χ3n) is 24.1. The van der Waals surface area contributed by atoms with Crippen molar-refractivity contribution >= 4 is 87.2 Å². The van der Waals surface area contributed by atoms with Crippen LogP contribution in [-0.2, 0) is 0 Å². The van der Waals surface area contributed by atoms with Gasteiger partial charge in [-0.25, -0.2) is 39.9 Å². The van der Waals surface area contributed by atoms with Gasteiger partial charge in [0.25, 0.3) is 0 Å². The zero-order valence-corrected chi connectivity index (χ0v) is 66.8. The van der Waals surface area contributed by atoms with E-state index < -0.39 is 0 Å². The fourth-order valence-corrected chi connectivity index (χ4v) is 18.2. The first-order valence-electron chi connectivity index (χ1n) is 41.7. The van der Waals surface area contributed by atoms with Gasteiger partial charge in [-0.3, -0.25) is 18.3 Å². The summed E-state index contributed by atoms with van der Waals surface area (Å²) in [6.45, 7) is 0. The summed E-state index contributed by atoms with van der Waals surface area (Å²) in [5.74, 6) is 4.02. The van der Waals surface area contributed by atoms with Gasteiger partial charge in [-0.15, -0.1) is 0 Å². The fraction of sp³-hybridized carbons (Fsp3) is 0. The van der Waals surface area contributed by atoms with E-state index in [2.05, 4.69) is 382 Å². The molecule has 124 heavy (non-hydrogen) atoms. The van der Waals surface area contributed by atoms with Crippen molar-refractivity contribution in [3.05, 3.63) is 425 Å². The molecular weight excluding hydrogens is 1510 g/mol. The Morgan fingerprint density at radius 3 is 0.677 bits per heavy atom. The highest BCUT2D eigenvalue weighted by molar-refractivity contribution is 6.15. The number of para-hydroxylation sites is 4. The molecule has 0 fully saturated rings. The van der Waals surface area contributed by atoms with Crippen LogP contribution in [0, 0.1) is 0 Å². The van der Waals surface area contributed by atoms with Crippen molar-refractivity contribution in [1.82, 2.24) is 58.1 Å². The maximum Gasteiger partial charge on any atom is 0.235 e. The smallest absolute Gasteiger partial charge is 0.235 e. The molecule has 16 aromatic carbocycles. The molecule has 0 bridgehead atoms. The average molecular weight is 1580 g/mol. The van der Waals surface area contributed by atoms with Crippen LogP contribution in [0.2, 0.25) is 0 Å². The third-order valence-corrected chi connectivity index (χ3v) is 24.1. The molecule has 8 heterocycles. The molecule has 0 aliphatic carbocycles. The molecule has 0 N–H and O–H groups in total. The van der Waals surface area contributed by atoms with E-state index in [0.717, 1.165) is 211 Å². The van der Waals surface area contributed by atoms with Crippen molar-refractivity contribution in [2.24, 2.45) is 0 Å². The minimum Gasteiger partial charge on any atom is -0.294 e. The molecule has 0 unspecified atom stereocenters. The van der Waals surface area contributed by atoms with Gasteiger partial charge in [-0.2, -0.15) is 0 Å². The summed E-state index contributed by atoms with van der Waals surface area (Å²) >= 11 is 0. The molecule has 24 aromatic rings. The minimum absolute atomic E-state index is 0.567. The van der Waals surface area contributed by atoms with Crippen molar-refractivity contribution in [3.63, 3.8) is 0 Å². The van der Waals surface area contributed by atoms with Crippen molar-refractivity contribution < 1.29 is 0 Å². The minimum atomic E-state index is 0.567. The Kier molecular flexibility index (Phi) is 17.0. The molecule has 0 radical (unpaired) electrons. The Bertz CT molecular complexity index is 7740. The Labute approximate surface area is 712 Å². The van der Waals surface area contributed by atoms with Crippen molar-refractivity contribution in [2.45, 2.75) is 0 Å². The molecule has 12 heteroatoms. The molecular formula is C112H70N12. The van der Waals surface area contributed by atoms with Gasteiger partial charge in [0.1, 0.15) is 11.6 Å². The van der Waals surface area contributed by atoms with Gasteiger partial charge in [0.15, 0.2) is 11.6 Å². The number of rotatable bonds is 15. The lowest BCUT2D eigenvalue weighted by molar-refractivity contribution is 0.995. The molecule has 8 aromatic heterocycles. The summed E-state index contributed by atoms with van der Waals surface area (Å²) in [5.41, 5.74) is 27.4. The maximum atomic E-state index is 5.59. The van der Waals surface area contributed by atoms with Crippen LogP contribution in [0.1, 0.15) is 0 Å². The normalized spacial score (nSPS) is 11.7. The second-order valence-electron chi connectivity index (χ2n) is 31.4. The SMILES string of the molecule is c1ccc(-c2cc(-n3c4ccccc4c4cc(-c5ccc6c(c5)c5ccccc5n6-c5cc(-c6cccc(-c7cccc(-c8cc(-c9ccccc9)nc(-n9c%10ccccc%10c%10cc(-c%11ccc%12c(c%11)c%11ccccc%11n%12-c%11nc(-c%12ccccc%12)cc(-c%12ccccc%12)n%11)ccc%109)n8)c7)c6)nc(-c6ccccc6)n5)ccc43)nc(-c3ccccc3)n2)cc1. The van der Waals surface area contributed by atoms with E-state index in [-0.39, 0.29) is 0 Å². The Morgan fingerprint density at radius 1 is 0.129 bits per heavy atom. The Morgan fingerprint density at radius 2 is 0.355 bits per heavy atom. The first-order chi connectivity index (χ1) is 61.4. The van der Waals surface area contributed by atoms with Gasteiger partial charge >= 0.3 is 0 Å². The van der Waals surface area contributed by atoms with E-state index in [1.54, 1.807) is 0 Å². The molecule has 578 valence electrons. The van der Waals surface area contributed by atoms with Crippen LogP contribution < -0.4 is 0 Å². The number of hydrogen-bond donors (Lipinski definition) is 0. The molecule has 12 nitrogen and oxygen atoms in total. The predicted octanol–water partition coefficient (Wildman–Crippen LogP) is 27.6. The lowest BCUT2D eigenvalue weighted by Crippen LogP contribution is -2.04. The van der Waals surface area contributed by atoms with Crippen LogP contribution in [0.25, 0.3) is 234 Å². The lowest BCUT2D eigenvalue weighted by atomic mass is 9.98. The van der Waals surface area contributed by atoms with Crippen LogP contribution in [0.5, 0.6) is 0 Å². The summed E-state index contributed by atoms with van der Waals surface area (Å²) < 4.78 is 9.02. The Balaban J connectivity index is 0.581. The number of fused-ring (bicyclic) bond motifs is 12. The predicted molar refractivity (Wildman–Crippen MR) is 506 cm³/mol. The molecule has 0 amide bonds. The number of nitrogens with zero attached hydrogens (tertiary/aromatic N) is 12. The quantitative estimate of drug-likeness (QED) is 0.0994. The van der Waals surface area contributed by atoms with Crippen LogP contribution >= 0.6 is 0 Å². The fourth-order valence-electron chi connectivity index (χ4n) is 18.2. The van der Waals surface area contributed by atoms with Gasteiger partial charge in [-0.1, -0.05) is 315 Å². The Hall–Kier alpha value is -17.0. The third kappa shape index (κ3) is 12.4. The van der Waals surface area contributed by atoms with E-state index in [0.29, 0.717) is 23.5 Å². The van der Waals surface area contributed by atoms with E-state index in [9.17, 15) is 0 Å². The molecule has 0 aliphatic heterocycles. The highest BCUT2D eigenvalue weighted by Crippen LogP contribution is 2.44. The highest BCUT2D eigenvalue weighted by atomic mass is 15.2. The van der Waals surface area contributed by atoms with E-state index >= 15 is 0 Å². The van der Waals surface area contributed by atoms with E-state index in [1.165, 1.54) is 0 Å². The molecule has 0 saturated heterocycles. The number of benzene rings is 16. The average Bonchev–Trinajstić information content (AvgIpc) is 1.59. The van der Waals surface area contributed by atoms with Crippen LogP contribution in [0.15, 0.2) is 425 Å². The van der Waals surface area contributed by atoms with Crippen LogP contribution in [0.3, 0.4) is 0 Å². The summed E-state index contributed by atoms with van der Waals surface area (Å²) in [7, 11) is 0. The van der Waals surface area contributed by atoms with Crippen molar-refractivity contribution in [2.75, 3.05) is 0 Å². The lowest BCUT2D eigenvalue weighted by Gasteiger charge is -2.14. The molecule has 0 aliphatic rings. The molecule has 0 saturated carbocycles. The summed E-state index contributed by atoms with van der Waals surface area (Å²) in [4.78, 5) is 43.1. The number of aromatic nitrogens is 12. The second-order valence-corrected chi connectivity index (χ2v) is 31.4. The summed E-state index contributed by atoms with van der Waals surface area (Å²) in [5, 5.41) is 8.91. The topological polar surface area (TPSA) is 123 Å². The second kappa shape index (κ2) is 29.5.